The van der Waals surface area contributed by atoms with Crippen LogP contribution in [0.1, 0.15) is 34.2 Å². The molecular formula is C19H27N5O3. The van der Waals surface area contributed by atoms with Crippen LogP contribution >= 0.6 is 0 Å². The minimum absolute atomic E-state index is 0.0236. The third-order valence-corrected chi connectivity index (χ3v) is 4.62. The van der Waals surface area contributed by atoms with E-state index in [1.54, 1.807) is 20.2 Å². The van der Waals surface area contributed by atoms with Gasteiger partial charge in [0.2, 0.25) is 5.91 Å². The highest BCUT2D eigenvalue weighted by Gasteiger charge is 2.18. The fraction of sp³-hybridized carbons (Fsp3) is 0.474. The van der Waals surface area contributed by atoms with Crippen molar-refractivity contribution in [2.75, 3.05) is 14.1 Å². The molecule has 2 aromatic heterocycles. The predicted molar refractivity (Wildman–Crippen MR) is 103 cm³/mol. The molecule has 0 spiro atoms. The third-order valence-electron chi connectivity index (χ3n) is 4.62. The molecule has 0 saturated heterocycles. The molecule has 0 unspecified atom stereocenters. The molecule has 8 heteroatoms. The average molecular weight is 373 g/mol. The second-order valence-corrected chi connectivity index (χ2v) is 6.99. The molecule has 8 nitrogen and oxygen atoms in total. The van der Waals surface area contributed by atoms with Crippen LogP contribution in [0.2, 0.25) is 0 Å². The normalized spacial score (nSPS) is 11.9. The van der Waals surface area contributed by atoms with Crippen molar-refractivity contribution in [3.63, 3.8) is 0 Å². The number of carbonyl (C=O) groups is 2. The van der Waals surface area contributed by atoms with E-state index in [1.165, 1.54) is 21.7 Å². The summed E-state index contributed by atoms with van der Waals surface area (Å²) in [4.78, 5) is 38.4. The Kier molecular flexibility index (Phi) is 6.20. The zero-order valence-corrected chi connectivity index (χ0v) is 16.7. The van der Waals surface area contributed by atoms with Crippen LogP contribution in [0.5, 0.6) is 0 Å². The van der Waals surface area contributed by atoms with Crippen molar-refractivity contribution < 1.29 is 9.59 Å². The highest BCUT2D eigenvalue weighted by atomic mass is 16.2. The number of nitrogens with zero attached hydrogens (tertiary/aromatic N) is 4. The van der Waals surface area contributed by atoms with Crippen LogP contribution in [-0.4, -0.2) is 51.2 Å². The fourth-order valence-electron chi connectivity index (χ4n) is 2.89. The van der Waals surface area contributed by atoms with E-state index in [4.69, 9.17) is 0 Å². The molecule has 0 bridgehead atoms. The Bertz CT molecular complexity index is 911. The summed E-state index contributed by atoms with van der Waals surface area (Å²) in [6.45, 7) is 5.72. The number of amides is 2. The van der Waals surface area contributed by atoms with Gasteiger partial charge in [0.1, 0.15) is 12.1 Å². The van der Waals surface area contributed by atoms with Crippen molar-refractivity contribution in [2.45, 2.75) is 39.8 Å². The monoisotopic (exact) mass is 373 g/mol. The average Bonchev–Trinajstić information content (AvgIpc) is 2.82. The van der Waals surface area contributed by atoms with Gasteiger partial charge in [-0.3, -0.25) is 19.1 Å². The minimum atomic E-state index is -0.480. The summed E-state index contributed by atoms with van der Waals surface area (Å²) in [7, 11) is 5.12. The number of carbonyl (C=O) groups excluding carboxylic acids is 2. The Balaban J connectivity index is 2.13. The van der Waals surface area contributed by atoms with Crippen molar-refractivity contribution in [1.29, 1.82) is 0 Å². The maximum Gasteiger partial charge on any atom is 0.263 e. The summed E-state index contributed by atoms with van der Waals surface area (Å²) < 4.78 is 3.06. The lowest BCUT2D eigenvalue weighted by Crippen LogP contribution is -2.39. The van der Waals surface area contributed by atoms with Gasteiger partial charge in [0, 0.05) is 39.1 Å². The van der Waals surface area contributed by atoms with Crippen LogP contribution in [0, 0.1) is 13.8 Å². The SMILES string of the molecule is Cc1nn(C)c(C)c1C[C@H](C)NC(=O)c1cccn(CC(=O)N(C)C)c1=O. The summed E-state index contributed by atoms with van der Waals surface area (Å²) in [6.07, 6.45) is 2.13. The second-order valence-electron chi connectivity index (χ2n) is 6.99. The van der Waals surface area contributed by atoms with Gasteiger partial charge in [-0.1, -0.05) is 0 Å². The Morgan fingerprint density at radius 1 is 1.30 bits per heavy atom. The molecule has 146 valence electrons. The van der Waals surface area contributed by atoms with Gasteiger partial charge in [-0.05, 0) is 44.9 Å². The number of likely N-dealkylation sites (N-methyl/N-ethyl adjacent to an activating group) is 1. The molecule has 0 fully saturated rings. The fourth-order valence-corrected chi connectivity index (χ4v) is 2.89. The van der Waals surface area contributed by atoms with E-state index in [1.807, 2.05) is 32.5 Å². The minimum Gasteiger partial charge on any atom is -0.349 e. The molecule has 27 heavy (non-hydrogen) atoms. The summed E-state index contributed by atoms with van der Waals surface area (Å²) in [6, 6.07) is 2.90. The molecule has 1 N–H and O–H groups in total. The Morgan fingerprint density at radius 2 is 1.96 bits per heavy atom. The highest BCUT2D eigenvalue weighted by Crippen LogP contribution is 2.14. The Hall–Kier alpha value is -2.90. The molecule has 0 saturated carbocycles. The number of aromatic nitrogens is 3. The zero-order chi connectivity index (χ0) is 20.3. The molecule has 0 aromatic carbocycles. The maximum atomic E-state index is 12.6. The smallest absolute Gasteiger partial charge is 0.263 e. The van der Waals surface area contributed by atoms with E-state index in [-0.39, 0.29) is 24.1 Å². The van der Waals surface area contributed by atoms with Crippen LogP contribution in [0.4, 0.5) is 0 Å². The van der Waals surface area contributed by atoms with Crippen LogP contribution in [0.15, 0.2) is 23.1 Å². The van der Waals surface area contributed by atoms with E-state index in [2.05, 4.69) is 10.4 Å². The van der Waals surface area contributed by atoms with Gasteiger partial charge in [0.15, 0.2) is 0 Å². The highest BCUT2D eigenvalue weighted by molar-refractivity contribution is 5.94. The van der Waals surface area contributed by atoms with Crippen molar-refractivity contribution in [3.8, 4) is 0 Å². The second kappa shape index (κ2) is 8.20. The lowest BCUT2D eigenvalue weighted by atomic mass is 10.0. The largest absolute Gasteiger partial charge is 0.349 e. The van der Waals surface area contributed by atoms with Crippen LogP contribution < -0.4 is 10.9 Å². The molecule has 0 radical (unpaired) electrons. The quantitative estimate of drug-likeness (QED) is 0.805. The summed E-state index contributed by atoms with van der Waals surface area (Å²) in [5, 5.41) is 7.25. The van der Waals surface area contributed by atoms with Crippen molar-refractivity contribution in [3.05, 3.63) is 51.2 Å². The Labute approximate surface area is 158 Å². The van der Waals surface area contributed by atoms with E-state index in [9.17, 15) is 14.4 Å². The lowest BCUT2D eigenvalue weighted by Gasteiger charge is -2.15. The van der Waals surface area contributed by atoms with Crippen molar-refractivity contribution >= 4 is 11.8 Å². The molecule has 0 aliphatic rings. The van der Waals surface area contributed by atoms with Gasteiger partial charge >= 0.3 is 0 Å². The first-order valence-electron chi connectivity index (χ1n) is 8.81. The molecule has 2 aromatic rings. The molecule has 2 rings (SSSR count). The number of nitrogens with one attached hydrogen (secondary N) is 1. The first-order chi connectivity index (χ1) is 12.6. The van der Waals surface area contributed by atoms with Crippen molar-refractivity contribution in [2.24, 2.45) is 7.05 Å². The molecule has 0 aliphatic carbocycles. The van der Waals surface area contributed by atoms with Gasteiger partial charge in [0.25, 0.3) is 11.5 Å². The van der Waals surface area contributed by atoms with Gasteiger partial charge in [0.05, 0.1) is 5.69 Å². The van der Waals surface area contributed by atoms with Gasteiger partial charge in [-0.25, -0.2) is 0 Å². The molecule has 1 atom stereocenters. The molecule has 0 aliphatic heterocycles. The lowest BCUT2D eigenvalue weighted by molar-refractivity contribution is -0.129. The van der Waals surface area contributed by atoms with Crippen molar-refractivity contribution in [1.82, 2.24) is 24.6 Å². The van der Waals surface area contributed by atoms with Gasteiger partial charge < -0.3 is 14.8 Å². The maximum absolute atomic E-state index is 12.6. The van der Waals surface area contributed by atoms with E-state index in [0.717, 1.165) is 17.0 Å². The van der Waals surface area contributed by atoms with Crippen LogP contribution in [-0.2, 0) is 24.8 Å². The van der Waals surface area contributed by atoms with E-state index in [0.29, 0.717) is 6.42 Å². The summed E-state index contributed by atoms with van der Waals surface area (Å²) in [5.41, 5.74) is 2.62. The topological polar surface area (TPSA) is 89.2 Å². The molecular weight excluding hydrogens is 346 g/mol. The number of rotatable bonds is 6. The standard InChI is InChI=1S/C19H27N5O3/c1-12(10-16-13(2)21-23(6)14(16)3)20-18(26)15-8-7-9-24(19(15)27)11-17(25)22(4)5/h7-9,12H,10-11H2,1-6H3,(H,20,26)/t12-/m0/s1. The predicted octanol–water partition coefficient (Wildman–Crippen LogP) is 0.648. The number of pyridine rings is 1. The molecule has 2 heterocycles. The summed E-state index contributed by atoms with van der Waals surface area (Å²) >= 11 is 0. The first kappa shape index (κ1) is 20.4. The molecule has 2 amide bonds. The summed E-state index contributed by atoms with van der Waals surface area (Å²) in [5.74, 6) is -0.663. The first-order valence-corrected chi connectivity index (χ1v) is 8.81. The van der Waals surface area contributed by atoms with E-state index < -0.39 is 11.5 Å². The van der Waals surface area contributed by atoms with Gasteiger partial charge in [-0.2, -0.15) is 5.10 Å². The van der Waals surface area contributed by atoms with E-state index >= 15 is 0 Å². The van der Waals surface area contributed by atoms with Gasteiger partial charge in [-0.15, -0.1) is 0 Å². The third kappa shape index (κ3) is 4.64. The zero-order valence-electron chi connectivity index (χ0n) is 16.7. The Morgan fingerprint density at radius 3 is 2.52 bits per heavy atom. The van der Waals surface area contributed by atoms with Crippen LogP contribution in [0.25, 0.3) is 0 Å². The number of hydrogen-bond acceptors (Lipinski definition) is 4. The van der Waals surface area contributed by atoms with Crippen LogP contribution in [0.3, 0.4) is 0 Å². The number of aryl methyl sites for hydroxylation is 2. The number of hydrogen-bond donors (Lipinski definition) is 1.